The molecule has 0 atom stereocenters. The molecule has 0 saturated heterocycles. The molecule has 0 unspecified atom stereocenters. The van der Waals surface area contributed by atoms with E-state index in [0.717, 1.165) is 42.9 Å². The molecule has 1 aliphatic heterocycles. The number of benzene rings is 1. The number of carbonyl (C=O) groups is 1. The molecule has 1 amide bonds. The van der Waals surface area contributed by atoms with Gasteiger partial charge in [0.2, 0.25) is 5.91 Å². The van der Waals surface area contributed by atoms with Gasteiger partial charge in [-0.1, -0.05) is 6.92 Å². The first-order valence-electron chi connectivity index (χ1n) is 9.74. The van der Waals surface area contributed by atoms with Crippen molar-refractivity contribution in [1.82, 2.24) is 4.57 Å². The Bertz CT molecular complexity index is 786. The number of nitrogens with one attached hydrogen (secondary N) is 1. The van der Waals surface area contributed by atoms with E-state index in [4.69, 9.17) is 0 Å². The van der Waals surface area contributed by atoms with Crippen molar-refractivity contribution in [3.05, 3.63) is 47.3 Å². The van der Waals surface area contributed by atoms with Gasteiger partial charge in [-0.15, -0.1) is 0 Å². The van der Waals surface area contributed by atoms with Gasteiger partial charge in [0.05, 0.1) is 0 Å². The maximum Gasteiger partial charge on any atom is 0.224 e. The fourth-order valence-corrected chi connectivity index (χ4v) is 4.02. The summed E-state index contributed by atoms with van der Waals surface area (Å²) in [6.07, 6.45) is 6.23. The summed E-state index contributed by atoms with van der Waals surface area (Å²) in [7, 11) is 0. The molecule has 4 rings (SSSR count). The molecule has 4 heteroatoms. The van der Waals surface area contributed by atoms with Crippen molar-refractivity contribution in [2.45, 2.75) is 53.0 Å². The van der Waals surface area contributed by atoms with Gasteiger partial charge in [-0.25, -0.2) is 0 Å². The van der Waals surface area contributed by atoms with E-state index >= 15 is 0 Å². The smallest absolute Gasteiger partial charge is 0.224 e. The first-order valence-corrected chi connectivity index (χ1v) is 9.74. The van der Waals surface area contributed by atoms with E-state index in [9.17, 15) is 4.79 Å². The molecule has 2 aromatic rings. The fourth-order valence-electron chi connectivity index (χ4n) is 4.02. The third kappa shape index (κ3) is 3.50. The molecular weight excluding hydrogens is 322 g/mol. The molecule has 1 fully saturated rings. The van der Waals surface area contributed by atoms with E-state index in [1.807, 2.05) is 0 Å². The van der Waals surface area contributed by atoms with Crippen LogP contribution in [-0.4, -0.2) is 23.6 Å². The standard InChI is InChI=1S/C22H29N3O/c1-16-13-19(25-10-6-18-5-4-9-24(18)11-12-25)14-17(2)21(16)23-20(26)15-22(3)7-8-22/h4-5,9,13-14H,6-8,10-12,15H2,1-3H3,(H,23,26). The van der Waals surface area contributed by atoms with Gasteiger partial charge in [0.25, 0.3) is 0 Å². The van der Waals surface area contributed by atoms with Crippen LogP contribution in [0.3, 0.4) is 0 Å². The van der Waals surface area contributed by atoms with Crippen molar-refractivity contribution in [1.29, 1.82) is 0 Å². The summed E-state index contributed by atoms with van der Waals surface area (Å²) in [6, 6.07) is 8.81. The predicted octanol–water partition coefficient (Wildman–Crippen LogP) is 4.30. The van der Waals surface area contributed by atoms with Crippen molar-refractivity contribution in [2.75, 3.05) is 23.3 Å². The van der Waals surface area contributed by atoms with E-state index in [0.29, 0.717) is 6.42 Å². The Hall–Kier alpha value is -2.23. The zero-order valence-electron chi connectivity index (χ0n) is 16.1. The highest BCUT2D eigenvalue weighted by Crippen LogP contribution is 2.48. The number of nitrogens with zero attached hydrogens (tertiary/aromatic N) is 2. The number of rotatable bonds is 4. The van der Waals surface area contributed by atoms with Gasteiger partial charge in [0.1, 0.15) is 0 Å². The summed E-state index contributed by atoms with van der Waals surface area (Å²) in [5.74, 6) is 0.151. The summed E-state index contributed by atoms with van der Waals surface area (Å²) in [6.45, 7) is 9.48. The second-order valence-electron chi connectivity index (χ2n) is 8.42. The average molecular weight is 351 g/mol. The Morgan fingerprint density at radius 2 is 1.88 bits per heavy atom. The first kappa shape index (κ1) is 17.2. The monoisotopic (exact) mass is 351 g/mol. The number of anilines is 2. The Morgan fingerprint density at radius 1 is 1.15 bits per heavy atom. The van der Waals surface area contributed by atoms with Crippen LogP contribution in [0, 0.1) is 19.3 Å². The lowest BCUT2D eigenvalue weighted by Crippen LogP contribution is -2.27. The Labute approximate surface area is 156 Å². The lowest BCUT2D eigenvalue weighted by molar-refractivity contribution is -0.117. The lowest BCUT2D eigenvalue weighted by Gasteiger charge is -2.25. The topological polar surface area (TPSA) is 37.3 Å². The van der Waals surface area contributed by atoms with Gasteiger partial charge in [0.15, 0.2) is 0 Å². The maximum absolute atomic E-state index is 12.4. The highest BCUT2D eigenvalue weighted by Gasteiger charge is 2.39. The lowest BCUT2D eigenvalue weighted by atomic mass is 10.0. The third-order valence-electron chi connectivity index (χ3n) is 6.01. The minimum atomic E-state index is 0.151. The van der Waals surface area contributed by atoms with Crippen LogP contribution in [0.5, 0.6) is 0 Å². The van der Waals surface area contributed by atoms with E-state index in [1.54, 1.807) is 0 Å². The Kier molecular flexibility index (Phi) is 4.29. The van der Waals surface area contributed by atoms with Gasteiger partial charge >= 0.3 is 0 Å². The number of amides is 1. The van der Waals surface area contributed by atoms with Crippen LogP contribution in [0.2, 0.25) is 0 Å². The van der Waals surface area contributed by atoms with Crippen molar-refractivity contribution >= 4 is 17.3 Å². The molecule has 4 nitrogen and oxygen atoms in total. The molecule has 0 radical (unpaired) electrons. The van der Waals surface area contributed by atoms with Crippen molar-refractivity contribution in [3.63, 3.8) is 0 Å². The van der Waals surface area contributed by atoms with E-state index < -0.39 is 0 Å². The van der Waals surface area contributed by atoms with Gasteiger partial charge < -0.3 is 14.8 Å². The van der Waals surface area contributed by atoms with Crippen LogP contribution >= 0.6 is 0 Å². The average Bonchev–Trinajstić information content (AvgIpc) is 3.20. The molecular formula is C22H29N3O. The minimum absolute atomic E-state index is 0.151. The highest BCUT2D eigenvalue weighted by atomic mass is 16.1. The second kappa shape index (κ2) is 6.49. The van der Waals surface area contributed by atoms with Crippen LogP contribution in [-0.2, 0) is 17.8 Å². The van der Waals surface area contributed by atoms with Crippen LogP contribution in [0.1, 0.15) is 43.0 Å². The van der Waals surface area contributed by atoms with E-state index in [-0.39, 0.29) is 11.3 Å². The van der Waals surface area contributed by atoms with Crippen LogP contribution in [0.25, 0.3) is 0 Å². The number of hydrogen-bond donors (Lipinski definition) is 1. The normalized spacial score (nSPS) is 18.2. The zero-order chi connectivity index (χ0) is 18.3. The van der Waals surface area contributed by atoms with Gasteiger partial charge in [-0.05, 0) is 67.5 Å². The van der Waals surface area contributed by atoms with Crippen molar-refractivity contribution in [2.24, 2.45) is 5.41 Å². The van der Waals surface area contributed by atoms with Crippen LogP contribution in [0.4, 0.5) is 11.4 Å². The molecule has 2 aliphatic rings. The van der Waals surface area contributed by atoms with E-state index in [2.05, 4.69) is 66.0 Å². The van der Waals surface area contributed by atoms with Crippen LogP contribution in [0.15, 0.2) is 30.5 Å². The Morgan fingerprint density at radius 3 is 2.58 bits per heavy atom. The SMILES string of the molecule is Cc1cc(N2CCc3cccn3CC2)cc(C)c1NC(=O)CC1(C)CC1. The van der Waals surface area contributed by atoms with Gasteiger partial charge in [-0.3, -0.25) is 4.79 Å². The molecule has 1 aliphatic carbocycles. The molecule has 0 bridgehead atoms. The number of hydrogen-bond acceptors (Lipinski definition) is 2. The van der Waals surface area contributed by atoms with Gasteiger partial charge in [0, 0.05) is 55.7 Å². The van der Waals surface area contributed by atoms with Gasteiger partial charge in [-0.2, -0.15) is 0 Å². The summed E-state index contributed by atoms with van der Waals surface area (Å²) in [4.78, 5) is 14.8. The molecule has 0 spiro atoms. The highest BCUT2D eigenvalue weighted by molar-refractivity contribution is 5.93. The second-order valence-corrected chi connectivity index (χ2v) is 8.42. The number of carbonyl (C=O) groups excluding carboxylic acids is 1. The zero-order valence-corrected chi connectivity index (χ0v) is 16.1. The molecule has 26 heavy (non-hydrogen) atoms. The summed E-state index contributed by atoms with van der Waals surface area (Å²) in [5, 5.41) is 3.17. The third-order valence-corrected chi connectivity index (χ3v) is 6.01. The quantitative estimate of drug-likeness (QED) is 0.892. The van der Waals surface area contributed by atoms with Crippen LogP contribution < -0.4 is 10.2 Å². The number of fused-ring (bicyclic) bond motifs is 1. The summed E-state index contributed by atoms with van der Waals surface area (Å²) < 4.78 is 2.35. The van der Waals surface area contributed by atoms with E-state index in [1.165, 1.54) is 24.2 Å². The maximum atomic E-state index is 12.4. The fraction of sp³-hybridized carbons (Fsp3) is 0.500. The first-order chi connectivity index (χ1) is 12.4. The number of aromatic nitrogens is 1. The summed E-state index contributed by atoms with van der Waals surface area (Å²) in [5.41, 5.74) is 6.21. The Balaban J connectivity index is 1.48. The summed E-state index contributed by atoms with van der Waals surface area (Å²) >= 11 is 0. The molecule has 1 saturated carbocycles. The molecule has 1 aromatic heterocycles. The molecule has 2 heterocycles. The molecule has 1 aromatic carbocycles. The predicted molar refractivity (Wildman–Crippen MR) is 107 cm³/mol. The largest absolute Gasteiger partial charge is 0.369 e. The number of aryl methyl sites for hydroxylation is 2. The molecule has 1 N–H and O–H groups in total. The van der Waals surface area contributed by atoms with Crippen molar-refractivity contribution < 1.29 is 4.79 Å². The molecule has 138 valence electrons. The minimum Gasteiger partial charge on any atom is -0.369 e. The van der Waals surface area contributed by atoms with Crippen molar-refractivity contribution in [3.8, 4) is 0 Å².